The monoisotopic (exact) mass is 267 g/mol. The van der Waals surface area contributed by atoms with Crippen molar-refractivity contribution < 1.29 is 15.0 Å². The Balaban J connectivity index is 0. The molecule has 0 aromatic heterocycles. The molecule has 3 nitrogen and oxygen atoms in total. The second kappa shape index (κ2) is 15.6. The average molecular weight is 267 g/mol. The number of ketones is 1. The Bertz CT molecular complexity index is 186. The van der Waals surface area contributed by atoms with E-state index < -0.39 is 12.7 Å². The summed E-state index contributed by atoms with van der Waals surface area (Å²) in [6, 6.07) is 0. The maximum Gasteiger partial charge on any atom is 0.163 e. The van der Waals surface area contributed by atoms with Crippen LogP contribution in [0.1, 0.15) is 71.1 Å². The molecule has 18 heavy (non-hydrogen) atoms. The molecular formula is C14H28NaO3. The molecule has 1 atom stereocenters. The Hall–Kier alpha value is 0.590. The van der Waals surface area contributed by atoms with Gasteiger partial charge in [-0.3, -0.25) is 4.79 Å². The second-order valence-electron chi connectivity index (χ2n) is 4.74. The van der Waals surface area contributed by atoms with Gasteiger partial charge in [-0.25, -0.2) is 0 Å². The van der Waals surface area contributed by atoms with E-state index in [-0.39, 0.29) is 35.3 Å². The molecule has 0 aliphatic carbocycles. The van der Waals surface area contributed by atoms with Gasteiger partial charge in [0.1, 0.15) is 6.10 Å². The maximum absolute atomic E-state index is 11.2. The largest absolute Gasteiger partial charge is 0.393 e. The molecule has 0 aliphatic rings. The molecule has 0 saturated heterocycles. The van der Waals surface area contributed by atoms with E-state index in [1.807, 2.05) is 0 Å². The third-order valence-corrected chi connectivity index (χ3v) is 3.07. The number of hydrogen-bond donors (Lipinski definition) is 2. The summed E-state index contributed by atoms with van der Waals surface area (Å²) >= 11 is 0. The minimum Gasteiger partial charge on any atom is -0.393 e. The molecule has 0 bridgehead atoms. The zero-order chi connectivity index (χ0) is 12.9. The third kappa shape index (κ3) is 13.0. The smallest absolute Gasteiger partial charge is 0.163 e. The van der Waals surface area contributed by atoms with Gasteiger partial charge in [0, 0.05) is 36.0 Å². The van der Waals surface area contributed by atoms with Gasteiger partial charge in [-0.1, -0.05) is 58.3 Å². The standard InChI is InChI=1S/C14H28O3.Na/c1-2-3-4-5-6-7-8-9-10-11-13(16)14(17)12-15;/h14-15,17H,2-12H2,1H3;. The van der Waals surface area contributed by atoms with Crippen LogP contribution in [-0.4, -0.2) is 58.3 Å². The Morgan fingerprint density at radius 1 is 0.944 bits per heavy atom. The summed E-state index contributed by atoms with van der Waals surface area (Å²) < 4.78 is 0. The fraction of sp³-hybridized carbons (Fsp3) is 0.929. The van der Waals surface area contributed by atoms with E-state index in [1.165, 1.54) is 44.9 Å². The van der Waals surface area contributed by atoms with Crippen molar-refractivity contribution in [2.24, 2.45) is 0 Å². The van der Waals surface area contributed by atoms with Crippen LogP contribution in [0.2, 0.25) is 0 Å². The molecule has 0 aromatic rings. The van der Waals surface area contributed by atoms with Gasteiger partial charge in [-0.2, -0.15) is 0 Å². The Morgan fingerprint density at radius 2 is 1.39 bits per heavy atom. The molecule has 0 aromatic carbocycles. The van der Waals surface area contributed by atoms with Crippen LogP contribution < -0.4 is 0 Å². The van der Waals surface area contributed by atoms with E-state index in [2.05, 4.69) is 6.92 Å². The number of aliphatic hydroxyl groups is 2. The predicted molar refractivity (Wildman–Crippen MR) is 75.7 cm³/mol. The fourth-order valence-corrected chi connectivity index (χ4v) is 1.88. The molecule has 2 N–H and O–H groups in total. The number of carbonyl (C=O) groups is 1. The number of aliphatic hydroxyl groups excluding tert-OH is 2. The normalized spacial score (nSPS) is 11.9. The Kier molecular flexibility index (Phi) is 18.2. The van der Waals surface area contributed by atoms with E-state index in [0.29, 0.717) is 6.42 Å². The summed E-state index contributed by atoms with van der Waals surface area (Å²) in [5, 5.41) is 17.6. The molecule has 0 heterocycles. The van der Waals surface area contributed by atoms with Gasteiger partial charge in [0.15, 0.2) is 5.78 Å². The van der Waals surface area contributed by atoms with Crippen molar-refractivity contribution in [1.82, 2.24) is 0 Å². The first-order valence-electron chi connectivity index (χ1n) is 7.04. The van der Waals surface area contributed by atoms with Crippen LogP contribution in [-0.2, 0) is 4.79 Å². The summed E-state index contributed by atoms with van der Waals surface area (Å²) in [7, 11) is 0. The van der Waals surface area contributed by atoms with Gasteiger partial charge in [-0.05, 0) is 6.42 Å². The van der Waals surface area contributed by atoms with Gasteiger partial charge in [0.25, 0.3) is 0 Å². The van der Waals surface area contributed by atoms with Crippen LogP contribution >= 0.6 is 0 Å². The fourth-order valence-electron chi connectivity index (χ4n) is 1.88. The number of hydrogen-bond acceptors (Lipinski definition) is 3. The molecule has 1 radical (unpaired) electrons. The second-order valence-corrected chi connectivity index (χ2v) is 4.74. The van der Waals surface area contributed by atoms with Crippen LogP contribution in [0.4, 0.5) is 0 Å². The molecule has 0 spiro atoms. The molecule has 103 valence electrons. The van der Waals surface area contributed by atoms with E-state index in [9.17, 15) is 4.79 Å². The van der Waals surface area contributed by atoms with Gasteiger partial charge in [0.05, 0.1) is 6.61 Å². The van der Waals surface area contributed by atoms with Gasteiger partial charge >= 0.3 is 0 Å². The van der Waals surface area contributed by atoms with Gasteiger partial charge in [-0.15, -0.1) is 0 Å². The first-order valence-corrected chi connectivity index (χ1v) is 7.04. The van der Waals surface area contributed by atoms with Crippen molar-refractivity contribution in [1.29, 1.82) is 0 Å². The minimum atomic E-state index is -1.16. The summed E-state index contributed by atoms with van der Waals surface area (Å²) in [5.74, 6) is -0.226. The molecule has 1 unspecified atom stereocenters. The number of Topliss-reactive ketones (excluding diaryl/α,β-unsaturated/α-hetero) is 1. The summed E-state index contributed by atoms with van der Waals surface area (Å²) in [6.07, 6.45) is 10.2. The molecule has 4 heteroatoms. The topological polar surface area (TPSA) is 57.5 Å². The number of unbranched alkanes of at least 4 members (excludes halogenated alkanes) is 8. The first-order chi connectivity index (χ1) is 8.22. The van der Waals surface area contributed by atoms with Crippen LogP contribution in [0.3, 0.4) is 0 Å². The van der Waals surface area contributed by atoms with Crippen molar-refractivity contribution >= 4 is 35.3 Å². The van der Waals surface area contributed by atoms with E-state index in [0.717, 1.165) is 12.8 Å². The first kappa shape index (κ1) is 20.9. The van der Waals surface area contributed by atoms with E-state index >= 15 is 0 Å². The summed E-state index contributed by atoms with van der Waals surface area (Å²) in [6.45, 7) is 1.77. The number of carbonyl (C=O) groups excluding carboxylic acids is 1. The van der Waals surface area contributed by atoms with E-state index in [1.54, 1.807) is 0 Å². The van der Waals surface area contributed by atoms with Crippen molar-refractivity contribution in [2.45, 2.75) is 77.2 Å². The zero-order valence-corrected chi connectivity index (χ0v) is 14.2. The summed E-state index contributed by atoms with van der Waals surface area (Å²) in [5.41, 5.74) is 0. The van der Waals surface area contributed by atoms with Crippen molar-refractivity contribution in [3.8, 4) is 0 Å². The van der Waals surface area contributed by atoms with Crippen molar-refractivity contribution in [3.63, 3.8) is 0 Å². The molecule has 0 fully saturated rings. The summed E-state index contributed by atoms with van der Waals surface area (Å²) in [4.78, 5) is 11.2. The van der Waals surface area contributed by atoms with Gasteiger partial charge in [0.2, 0.25) is 0 Å². The van der Waals surface area contributed by atoms with Crippen LogP contribution in [0.15, 0.2) is 0 Å². The predicted octanol–water partition coefficient (Wildman–Crippen LogP) is 2.45. The van der Waals surface area contributed by atoms with Crippen LogP contribution in [0, 0.1) is 0 Å². The molecule has 0 saturated carbocycles. The quantitative estimate of drug-likeness (QED) is 0.422. The van der Waals surface area contributed by atoms with Crippen molar-refractivity contribution in [3.05, 3.63) is 0 Å². The molecule has 0 rings (SSSR count). The SMILES string of the molecule is CCCCCCCCCCCC(=O)C(O)CO.[Na]. The Morgan fingerprint density at radius 3 is 1.83 bits per heavy atom. The van der Waals surface area contributed by atoms with E-state index in [4.69, 9.17) is 10.2 Å². The zero-order valence-electron chi connectivity index (χ0n) is 12.2. The number of rotatable bonds is 12. The molecule has 0 aliphatic heterocycles. The third-order valence-electron chi connectivity index (χ3n) is 3.07. The average Bonchev–Trinajstić information content (AvgIpc) is 2.35. The molecule has 0 amide bonds. The van der Waals surface area contributed by atoms with Crippen molar-refractivity contribution in [2.75, 3.05) is 6.61 Å². The minimum absolute atomic E-state index is 0. The molecular weight excluding hydrogens is 239 g/mol. The van der Waals surface area contributed by atoms with Gasteiger partial charge < -0.3 is 10.2 Å². The van der Waals surface area contributed by atoms with Crippen LogP contribution in [0.5, 0.6) is 0 Å². The Labute approximate surface area is 134 Å². The maximum atomic E-state index is 11.2. The van der Waals surface area contributed by atoms with Crippen LogP contribution in [0.25, 0.3) is 0 Å².